The van der Waals surface area contributed by atoms with Gasteiger partial charge < -0.3 is 15.0 Å². The van der Waals surface area contributed by atoms with Gasteiger partial charge in [-0.15, -0.1) is 0 Å². The third-order valence-corrected chi connectivity index (χ3v) is 2.30. The number of carbonyl (C=O) groups is 1. The predicted molar refractivity (Wildman–Crippen MR) is 69.1 cm³/mol. The number of aryl methyl sites for hydroxylation is 1. The fourth-order valence-electron chi connectivity index (χ4n) is 1.63. The smallest absolute Gasteiger partial charge is 0.250 e. The van der Waals surface area contributed by atoms with Crippen LogP contribution in [0.25, 0.3) is 0 Å². The van der Waals surface area contributed by atoms with Crippen LogP contribution in [-0.4, -0.2) is 38.6 Å². The van der Waals surface area contributed by atoms with Gasteiger partial charge in [0.1, 0.15) is 6.61 Å². The molecule has 0 spiro atoms. The summed E-state index contributed by atoms with van der Waals surface area (Å²) in [7, 11) is 5.52. The Morgan fingerprint density at radius 2 is 2.12 bits per heavy atom. The molecule has 0 radical (unpaired) electrons. The van der Waals surface area contributed by atoms with Crippen molar-refractivity contribution in [3.63, 3.8) is 0 Å². The molecule has 0 aromatic heterocycles. The molecule has 0 atom stereocenters. The van der Waals surface area contributed by atoms with Gasteiger partial charge in [-0.25, -0.2) is 0 Å². The summed E-state index contributed by atoms with van der Waals surface area (Å²) in [5, 5.41) is 2.85. The first kappa shape index (κ1) is 13.7. The van der Waals surface area contributed by atoms with Crippen molar-refractivity contribution in [1.82, 2.24) is 4.90 Å². The second kappa shape index (κ2) is 6.37. The maximum atomic E-state index is 11.5. The molecule has 0 fully saturated rings. The summed E-state index contributed by atoms with van der Waals surface area (Å²) in [5.41, 5.74) is 3.15. The van der Waals surface area contributed by atoms with Crippen LogP contribution in [-0.2, 0) is 16.1 Å². The van der Waals surface area contributed by atoms with Crippen molar-refractivity contribution in [2.24, 2.45) is 0 Å². The molecule has 94 valence electrons. The predicted octanol–water partition coefficient (Wildman–Crippen LogP) is 1.64. The number of hydrogen-bond donors (Lipinski definition) is 1. The summed E-state index contributed by atoms with van der Waals surface area (Å²) < 4.78 is 4.80. The number of methoxy groups -OCH3 is 1. The number of nitrogens with zero attached hydrogens (tertiary/aromatic N) is 1. The van der Waals surface area contributed by atoms with E-state index in [0.29, 0.717) is 0 Å². The normalized spacial score (nSPS) is 10.6. The van der Waals surface area contributed by atoms with E-state index >= 15 is 0 Å². The zero-order valence-corrected chi connectivity index (χ0v) is 10.9. The maximum absolute atomic E-state index is 11.5. The summed E-state index contributed by atoms with van der Waals surface area (Å²) in [6.07, 6.45) is 0. The highest BCUT2D eigenvalue weighted by Gasteiger charge is 2.07. The van der Waals surface area contributed by atoms with E-state index in [1.807, 2.05) is 33.2 Å². The highest BCUT2D eigenvalue weighted by atomic mass is 16.5. The zero-order valence-electron chi connectivity index (χ0n) is 10.9. The lowest BCUT2D eigenvalue weighted by Crippen LogP contribution is -2.19. The van der Waals surface area contributed by atoms with E-state index in [-0.39, 0.29) is 12.5 Å². The lowest BCUT2D eigenvalue weighted by Gasteiger charge is -2.15. The molecule has 4 nitrogen and oxygen atoms in total. The number of nitrogens with one attached hydrogen (secondary N) is 1. The number of carbonyl (C=O) groups excluding carboxylic acids is 1. The number of hydrogen-bond acceptors (Lipinski definition) is 3. The second-order valence-electron chi connectivity index (χ2n) is 4.38. The molecule has 0 aliphatic carbocycles. The van der Waals surface area contributed by atoms with Gasteiger partial charge in [-0.05, 0) is 32.6 Å². The minimum atomic E-state index is -0.128. The molecule has 1 aromatic rings. The summed E-state index contributed by atoms with van der Waals surface area (Å²) in [4.78, 5) is 13.6. The standard InChI is InChI=1S/C13H20N2O2/c1-10-5-6-12(14-13(16)9-17-4)11(7-10)8-15(2)3/h5-7H,8-9H2,1-4H3,(H,14,16). The third kappa shape index (κ3) is 4.54. The summed E-state index contributed by atoms with van der Waals surface area (Å²) in [5.74, 6) is -0.128. The number of rotatable bonds is 5. The Labute approximate surface area is 103 Å². The molecular weight excluding hydrogens is 216 g/mol. The molecule has 4 heteroatoms. The lowest BCUT2D eigenvalue weighted by atomic mass is 10.1. The topological polar surface area (TPSA) is 41.6 Å². The van der Waals surface area contributed by atoms with Gasteiger partial charge in [-0.1, -0.05) is 17.7 Å². The number of anilines is 1. The van der Waals surface area contributed by atoms with Crippen molar-refractivity contribution in [3.05, 3.63) is 29.3 Å². The molecule has 1 N–H and O–H groups in total. The van der Waals surface area contributed by atoms with Crippen LogP contribution in [0.5, 0.6) is 0 Å². The fraction of sp³-hybridized carbons (Fsp3) is 0.462. The van der Waals surface area contributed by atoms with Gasteiger partial charge in [-0.3, -0.25) is 4.79 Å². The Kier molecular flexibility index (Phi) is 5.12. The first-order valence-corrected chi connectivity index (χ1v) is 5.56. The van der Waals surface area contributed by atoms with Gasteiger partial charge in [0.2, 0.25) is 5.91 Å². The van der Waals surface area contributed by atoms with Crippen molar-refractivity contribution < 1.29 is 9.53 Å². The second-order valence-corrected chi connectivity index (χ2v) is 4.38. The van der Waals surface area contributed by atoms with Crippen LogP contribution in [0.4, 0.5) is 5.69 Å². The van der Waals surface area contributed by atoms with Crippen molar-refractivity contribution >= 4 is 11.6 Å². The highest BCUT2D eigenvalue weighted by Crippen LogP contribution is 2.18. The van der Waals surface area contributed by atoms with Crippen LogP contribution in [0.3, 0.4) is 0 Å². The molecule has 17 heavy (non-hydrogen) atoms. The van der Waals surface area contributed by atoms with Gasteiger partial charge in [0.25, 0.3) is 0 Å². The van der Waals surface area contributed by atoms with Crippen LogP contribution in [0.1, 0.15) is 11.1 Å². The summed E-state index contributed by atoms with van der Waals surface area (Å²) >= 11 is 0. The van der Waals surface area contributed by atoms with Gasteiger partial charge in [0.15, 0.2) is 0 Å². The van der Waals surface area contributed by atoms with Crippen LogP contribution in [0.15, 0.2) is 18.2 Å². The largest absolute Gasteiger partial charge is 0.375 e. The minimum absolute atomic E-state index is 0.0787. The molecule has 1 rings (SSSR count). The molecule has 0 aliphatic heterocycles. The van der Waals surface area contributed by atoms with E-state index in [1.165, 1.54) is 12.7 Å². The van der Waals surface area contributed by atoms with Crippen molar-refractivity contribution in [1.29, 1.82) is 0 Å². The van der Waals surface area contributed by atoms with E-state index < -0.39 is 0 Å². The van der Waals surface area contributed by atoms with Crippen LogP contribution < -0.4 is 5.32 Å². The monoisotopic (exact) mass is 236 g/mol. The minimum Gasteiger partial charge on any atom is -0.375 e. The van der Waals surface area contributed by atoms with Gasteiger partial charge in [-0.2, -0.15) is 0 Å². The van der Waals surface area contributed by atoms with Crippen LogP contribution in [0.2, 0.25) is 0 Å². The van der Waals surface area contributed by atoms with Crippen LogP contribution in [0, 0.1) is 6.92 Å². The molecular formula is C13H20N2O2. The Morgan fingerprint density at radius 1 is 1.41 bits per heavy atom. The van der Waals surface area contributed by atoms with Gasteiger partial charge in [0.05, 0.1) is 0 Å². The quantitative estimate of drug-likeness (QED) is 0.845. The number of amides is 1. The molecule has 0 unspecified atom stereocenters. The number of ether oxygens (including phenoxy) is 1. The maximum Gasteiger partial charge on any atom is 0.250 e. The lowest BCUT2D eigenvalue weighted by molar-refractivity contribution is -0.119. The Morgan fingerprint density at radius 3 is 2.71 bits per heavy atom. The van der Waals surface area contributed by atoms with Gasteiger partial charge >= 0.3 is 0 Å². The van der Waals surface area contributed by atoms with E-state index in [1.54, 1.807) is 0 Å². The Hall–Kier alpha value is -1.39. The first-order valence-electron chi connectivity index (χ1n) is 5.56. The molecule has 0 heterocycles. The average Bonchev–Trinajstić information content (AvgIpc) is 2.21. The SMILES string of the molecule is COCC(=O)Nc1ccc(C)cc1CN(C)C. The molecule has 0 saturated heterocycles. The first-order chi connectivity index (χ1) is 8.02. The Balaban J connectivity index is 2.86. The molecule has 0 aliphatic rings. The van der Waals surface area contributed by atoms with E-state index in [0.717, 1.165) is 17.8 Å². The average molecular weight is 236 g/mol. The molecule has 0 saturated carbocycles. The summed E-state index contributed by atoms with van der Waals surface area (Å²) in [6, 6.07) is 6.01. The van der Waals surface area contributed by atoms with Crippen molar-refractivity contribution in [2.75, 3.05) is 33.1 Å². The van der Waals surface area contributed by atoms with Crippen LogP contribution >= 0.6 is 0 Å². The third-order valence-electron chi connectivity index (χ3n) is 2.30. The van der Waals surface area contributed by atoms with Gasteiger partial charge in [0, 0.05) is 19.3 Å². The molecule has 0 bridgehead atoms. The summed E-state index contributed by atoms with van der Waals surface area (Å²) in [6.45, 7) is 2.92. The Bertz CT molecular complexity index is 389. The number of benzene rings is 1. The van der Waals surface area contributed by atoms with Crippen molar-refractivity contribution in [3.8, 4) is 0 Å². The highest BCUT2D eigenvalue weighted by molar-refractivity contribution is 5.92. The van der Waals surface area contributed by atoms with Crippen molar-refractivity contribution in [2.45, 2.75) is 13.5 Å². The van der Waals surface area contributed by atoms with E-state index in [2.05, 4.69) is 16.3 Å². The van der Waals surface area contributed by atoms with E-state index in [4.69, 9.17) is 4.74 Å². The molecule has 1 aromatic carbocycles. The van der Waals surface area contributed by atoms with E-state index in [9.17, 15) is 4.79 Å². The zero-order chi connectivity index (χ0) is 12.8. The fourth-order valence-corrected chi connectivity index (χ4v) is 1.63. The molecule has 1 amide bonds.